The molecule has 28 heavy (non-hydrogen) atoms. The molecule has 1 saturated heterocycles. The largest absolute Gasteiger partial charge is 0.444 e. The van der Waals surface area contributed by atoms with E-state index in [2.05, 4.69) is 5.32 Å². The van der Waals surface area contributed by atoms with Crippen LogP contribution in [0.3, 0.4) is 0 Å². The molecule has 1 heterocycles. The smallest absolute Gasteiger partial charge is 0.416 e. The van der Waals surface area contributed by atoms with Gasteiger partial charge in [-0.2, -0.15) is 26.3 Å². The number of carbonyl (C=O) groups is 1. The topological polar surface area (TPSA) is 41.6 Å². The van der Waals surface area contributed by atoms with Gasteiger partial charge in [0, 0.05) is 19.6 Å². The maximum Gasteiger partial charge on any atom is 0.416 e. The molecule has 0 aromatic heterocycles. The molecule has 158 valence electrons. The summed E-state index contributed by atoms with van der Waals surface area (Å²) in [4.78, 5) is 13.7. The van der Waals surface area contributed by atoms with Crippen molar-refractivity contribution in [1.82, 2.24) is 10.2 Å². The van der Waals surface area contributed by atoms with Gasteiger partial charge < -0.3 is 15.0 Å². The molecule has 0 unspecified atom stereocenters. The van der Waals surface area contributed by atoms with Gasteiger partial charge in [0.2, 0.25) is 0 Å². The number of halogens is 6. The van der Waals surface area contributed by atoms with Crippen LogP contribution in [0.2, 0.25) is 0 Å². The summed E-state index contributed by atoms with van der Waals surface area (Å²) in [7, 11) is 0. The fourth-order valence-electron chi connectivity index (χ4n) is 2.91. The molecule has 1 aromatic carbocycles. The van der Waals surface area contributed by atoms with Crippen LogP contribution in [0, 0.1) is 0 Å². The quantitative estimate of drug-likeness (QED) is 0.729. The molecular weight excluding hydrogens is 390 g/mol. The number of nitrogens with one attached hydrogen (secondary N) is 1. The first-order valence-corrected chi connectivity index (χ1v) is 8.65. The SMILES string of the molecule is CC(C)(C)OC(=O)N1CCNC[C@H]1Cc1cc(C(F)(F)F)cc(C(F)(F)F)c1. The Hall–Kier alpha value is -1.97. The van der Waals surface area contributed by atoms with E-state index in [0.717, 1.165) is 0 Å². The van der Waals surface area contributed by atoms with Crippen molar-refractivity contribution in [3.63, 3.8) is 0 Å². The van der Waals surface area contributed by atoms with Crippen LogP contribution in [0.25, 0.3) is 0 Å². The molecule has 0 aliphatic carbocycles. The van der Waals surface area contributed by atoms with Gasteiger partial charge in [-0.3, -0.25) is 0 Å². The Kier molecular flexibility index (Phi) is 6.22. The zero-order valence-corrected chi connectivity index (χ0v) is 15.7. The van der Waals surface area contributed by atoms with Crippen LogP contribution >= 0.6 is 0 Å². The minimum atomic E-state index is -4.91. The standard InChI is InChI=1S/C18H22F6N2O2/c1-16(2,3)28-15(27)26-5-4-25-10-14(26)8-11-6-12(17(19,20)21)9-13(7-11)18(22,23)24/h6-7,9,14,25H,4-5,8,10H2,1-3H3/t14-/m1/s1. The van der Waals surface area contributed by atoms with E-state index < -0.39 is 41.2 Å². The second-order valence-corrected chi connectivity index (χ2v) is 7.65. The lowest BCUT2D eigenvalue weighted by atomic mass is 9.98. The Morgan fingerprint density at radius 1 is 1.07 bits per heavy atom. The highest BCUT2D eigenvalue weighted by Gasteiger charge is 2.38. The lowest BCUT2D eigenvalue weighted by molar-refractivity contribution is -0.143. The van der Waals surface area contributed by atoms with E-state index in [1.807, 2.05) is 0 Å². The number of amides is 1. The van der Waals surface area contributed by atoms with Crippen LogP contribution in [0.5, 0.6) is 0 Å². The number of hydrogen-bond acceptors (Lipinski definition) is 3. The van der Waals surface area contributed by atoms with Crippen molar-refractivity contribution in [1.29, 1.82) is 0 Å². The van der Waals surface area contributed by atoms with E-state index in [9.17, 15) is 31.1 Å². The van der Waals surface area contributed by atoms with Gasteiger partial charge >= 0.3 is 18.4 Å². The molecule has 0 bridgehead atoms. The molecule has 1 amide bonds. The predicted molar refractivity (Wildman–Crippen MR) is 89.7 cm³/mol. The summed E-state index contributed by atoms with van der Waals surface area (Å²) in [5.74, 6) is 0. The molecule has 4 nitrogen and oxygen atoms in total. The zero-order valence-electron chi connectivity index (χ0n) is 15.7. The summed E-state index contributed by atoms with van der Waals surface area (Å²) >= 11 is 0. The minimum Gasteiger partial charge on any atom is -0.444 e. The Bertz CT molecular complexity index is 677. The summed E-state index contributed by atoms with van der Waals surface area (Å²) in [5, 5.41) is 3.00. The predicted octanol–water partition coefficient (Wildman–Crippen LogP) is 4.48. The molecule has 1 atom stereocenters. The first-order valence-electron chi connectivity index (χ1n) is 8.65. The van der Waals surface area contributed by atoms with E-state index in [0.29, 0.717) is 18.7 Å². The Morgan fingerprint density at radius 3 is 2.07 bits per heavy atom. The summed E-state index contributed by atoms with van der Waals surface area (Å²) in [5.41, 5.74) is -3.66. The normalized spacial score (nSPS) is 18.9. The molecule has 1 fully saturated rings. The van der Waals surface area contributed by atoms with Crippen molar-refractivity contribution in [2.75, 3.05) is 19.6 Å². The van der Waals surface area contributed by atoms with Crippen LogP contribution in [-0.4, -0.2) is 42.3 Å². The lowest BCUT2D eigenvalue weighted by Gasteiger charge is -2.37. The Morgan fingerprint density at radius 2 is 1.61 bits per heavy atom. The highest BCUT2D eigenvalue weighted by molar-refractivity contribution is 5.68. The van der Waals surface area contributed by atoms with Gasteiger partial charge in [0.1, 0.15) is 5.60 Å². The van der Waals surface area contributed by atoms with E-state index in [1.54, 1.807) is 20.8 Å². The van der Waals surface area contributed by atoms with E-state index in [1.165, 1.54) is 4.90 Å². The summed E-state index contributed by atoms with van der Waals surface area (Å²) in [6, 6.07) is 0.843. The van der Waals surface area contributed by atoms with Crippen molar-refractivity contribution in [2.45, 2.75) is 51.2 Å². The van der Waals surface area contributed by atoms with Crippen molar-refractivity contribution < 1.29 is 35.9 Å². The zero-order chi connectivity index (χ0) is 21.3. The molecule has 1 aliphatic heterocycles. The number of rotatable bonds is 2. The highest BCUT2D eigenvalue weighted by Crippen LogP contribution is 2.36. The van der Waals surface area contributed by atoms with Crippen LogP contribution < -0.4 is 5.32 Å². The second-order valence-electron chi connectivity index (χ2n) is 7.65. The van der Waals surface area contributed by atoms with Gasteiger partial charge in [0.25, 0.3) is 0 Å². The maximum atomic E-state index is 13.0. The molecule has 10 heteroatoms. The average Bonchev–Trinajstić information content (AvgIpc) is 2.51. The third kappa shape index (κ3) is 6.02. The fraction of sp³-hybridized carbons (Fsp3) is 0.611. The number of piperazine rings is 1. The van der Waals surface area contributed by atoms with E-state index in [4.69, 9.17) is 4.74 Å². The van der Waals surface area contributed by atoms with Gasteiger partial charge in [-0.05, 0) is 51.0 Å². The van der Waals surface area contributed by atoms with Crippen LogP contribution in [0.1, 0.15) is 37.5 Å². The van der Waals surface area contributed by atoms with Crippen molar-refractivity contribution in [2.24, 2.45) is 0 Å². The minimum absolute atomic E-state index is 0.0915. The molecule has 2 rings (SSSR count). The number of alkyl halides is 6. The lowest BCUT2D eigenvalue weighted by Crippen LogP contribution is -2.55. The van der Waals surface area contributed by atoms with Gasteiger partial charge in [0.05, 0.1) is 17.2 Å². The van der Waals surface area contributed by atoms with Gasteiger partial charge in [0.15, 0.2) is 0 Å². The average molecular weight is 412 g/mol. The van der Waals surface area contributed by atoms with Crippen molar-refractivity contribution >= 4 is 6.09 Å². The first-order chi connectivity index (χ1) is 12.7. The maximum absolute atomic E-state index is 13.0. The molecular formula is C18H22F6N2O2. The molecule has 1 aliphatic rings. The number of ether oxygens (including phenoxy) is 1. The second kappa shape index (κ2) is 7.81. The molecule has 0 radical (unpaired) electrons. The number of carbonyl (C=O) groups excluding carboxylic acids is 1. The number of hydrogen-bond donors (Lipinski definition) is 1. The molecule has 1 aromatic rings. The van der Waals surface area contributed by atoms with Crippen molar-refractivity contribution in [3.8, 4) is 0 Å². The molecule has 0 spiro atoms. The van der Waals surface area contributed by atoms with Gasteiger partial charge in [-0.15, -0.1) is 0 Å². The third-order valence-electron chi connectivity index (χ3n) is 4.10. The van der Waals surface area contributed by atoms with Gasteiger partial charge in [-0.25, -0.2) is 4.79 Å². The molecule has 0 saturated carbocycles. The highest BCUT2D eigenvalue weighted by atomic mass is 19.4. The Balaban J connectivity index is 2.32. The summed E-state index contributed by atoms with van der Waals surface area (Å²) < 4.78 is 83.5. The van der Waals surface area contributed by atoms with Crippen LogP contribution in [0.4, 0.5) is 31.1 Å². The van der Waals surface area contributed by atoms with Crippen LogP contribution in [0.15, 0.2) is 18.2 Å². The monoisotopic (exact) mass is 412 g/mol. The number of benzene rings is 1. The third-order valence-corrected chi connectivity index (χ3v) is 4.10. The fourth-order valence-corrected chi connectivity index (χ4v) is 2.91. The molecule has 1 N–H and O–H groups in total. The summed E-state index contributed by atoms with van der Waals surface area (Å²) in [6.07, 6.45) is -10.6. The van der Waals surface area contributed by atoms with Crippen molar-refractivity contribution in [3.05, 3.63) is 34.9 Å². The van der Waals surface area contributed by atoms with Gasteiger partial charge in [-0.1, -0.05) is 0 Å². The van der Waals surface area contributed by atoms with E-state index in [-0.39, 0.29) is 31.1 Å². The number of nitrogens with zero attached hydrogens (tertiary/aromatic N) is 1. The Labute approximate surface area is 158 Å². The first kappa shape index (κ1) is 22.3. The van der Waals surface area contributed by atoms with E-state index >= 15 is 0 Å². The van der Waals surface area contributed by atoms with Crippen LogP contribution in [-0.2, 0) is 23.5 Å². The summed E-state index contributed by atoms with van der Waals surface area (Å²) in [6.45, 7) is 5.94.